The first-order chi connectivity index (χ1) is 10.5. The first-order valence-electron chi connectivity index (χ1n) is 6.14. The average molecular weight is 363 g/mol. The van der Waals surface area contributed by atoms with Crippen molar-refractivity contribution in [1.29, 1.82) is 0 Å². The van der Waals surface area contributed by atoms with Crippen molar-refractivity contribution in [2.75, 3.05) is 0 Å². The number of nitro groups is 2. The molecular formula is C14H8N2O5Se. The van der Waals surface area contributed by atoms with Crippen LogP contribution in [0.3, 0.4) is 0 Å². The number of fused-ring (bicyclic) bond motifs is 1. The SMILES string of the molecule is O=[N+]([O-])c1ccc([Se]c2cc3ccccc3o2)c([N+](=O)[O-])c1. The van der Waals surface area contributed by atoms with Crippen molar-refractivity contribution < 1.29 is 14.3 Å². The molecule has 0 spiro atoms. The summed E-state index contributed by atoms with van der Waals surface area (Å²) in [7, 11) is 0. The Balaban J connectivity index is 2.00. The summed E-state index contributed by atoms with van der Waals surface area (Å²) in [5.41, 5.74) is 0.162. The molecule has 8 heteroatoms. The van der Waals surface area contributed by atoms with Gasteiger partial charge >= 0.3 is 129 Å². The van der Waals surface area contributed by atoms with Gasteiger partial charge in [0, 0.05) is 0 Å². The number of hydrogen-bond donors (Lipinski definition) is 0. The summed E-state index contributed by atoms with van der Waals surface area (Å²) in [6.07, 6.45) is 0. The minimum absolute atomic E-state index is 0.255. The molecule has 0 unspecified atom stereocenters. The third-order valence-corrected chi connectivity index (χ3v) is 4.99. The zero-order valence-electron chi connectivity index (χ0n) is 11.0. The number of nitrogens with zero attached hydrogens (tertiary/aromatic N) is 2. The van der Waals surface area contributed by atoms with Crippen LogP contribution < -0.4 is 9.12 Å². The summed E-state index contributed by atoms with van der Waals surface area (Å²) >= 11 is -0.448. The zero-order chi connectivity index (χ0) is 15.7. The number of hydrogen-bond acceptors (Lipinski definition) is 5. The van der Waals surface area contributed by atoms with E-state index in [1.54, 1.807) is 0 Å². The fourth-order valence-electron chi connectivity index (χ4n) is 1.96. The molecule has 0 N–H and O–H groups in total. The number of rotatable bonds is 4. The van der Waals surface area contributed by atoms with E-state index < -0.39 is 24.8 Å². The maximum atomic E-state index is 11.1. The van der Waals surface area contributed by atoms with Crippen molar-refractivity contribution >= 4 is 46.4 Å². The van der Waals surface area contributed by atoms with Crippen LogP contribution in [0.5, 0.6) is 0 Å². The summed E-state index contributed by atoms with van der Waals surface area (Å²) in [6.45, 7) is 0. The van der Waals surface area contributed by atoms with Gasteiger partial charge in [-0.1, -0.05) is 0 Å². The Morgan fingerprint density at radius 1 is 0.955 bits per heavy atom. The molecule has 0 aliphatic heterocycles. The fourth-order valence-corrected chi connectivity index (χ4v) is 3.87. The van der Waals surface area contributed by atoms with Crippen LogP contribution in [-0.2, 0) is 0 Å². The molecule has 0 aliphatic carbocycles. The summed E-state index contributed by atoms with van der Waals surface area (Å²) in [5, 5.41) is 22.8. The van der Waals surface area contributed by atoms with Gasteiger partial charge in [0.1, 0.15) is 0 Å². The normalized spacial score (nSPS) is 10.7. The van der Waals surface area contributed by atoms with Crippen LogP contribution in [0.15, 0.2) is 52.9 Å². The van der Waals surface area contributed by atoms with Gasteiger partial charge in [0.15, 0.2) is 0 Å². The van der Waals surface area contributed by atoms with E-state index in [0.717, 1.165) is 11.5 Å². The summed E-state index contributed by atoms with van der Waals surface area (Å²) < 4.78 is 6.72. The quantitative estimate of drug-likeness (QED) is 0.400. The Morgan fingerprint density at radius 3 is 2.41 bits per heavy atom. The van der Waals surface area contributed by atoms with Gasteiger partial charge in [-0.05, 0) is 0 Å². The summed E-state index contributed by atoms with van der Waals surface area (Å²) in [6, 6.07) is 12.9. The van der Waals surface area contributed by atoms with Gasteiger partial charge < -0.3 is 0 Å². The Morgan fingerprint density at radius 2 is 1.73 bits per heavy atom. The average Bonchev–Trinajstić information content (AvgIpc) is 2.89. The molecule has 0 atom stereocenters. The molecule has 0 saturated carbocycles. The van der Waals surface area contributed by atoms with Gasteiger partial charge in [0.05, 0.1) is 0 Å². The third kappa shape index (κ3) is 2.69. The number of benzene rings is 2. The number of nitro benzene ring substituents is 2. The van der Waals surface area contributed by atoms with E-state index in [-0.39, 0.29) is 11.4 Å². The van der Waals surface area contributed by atoms with Crippen molar-refractivity contribution in [3.8, 4) is 0 Å². The van der Waals surface area contributed by atoms with Gasteiger partial charge in [-0.2, -0.15) is 0 Å². The fraction of sp³-hybridized carbons (Fsp3) is 0. The second-order valence-corrected chi connectivity index (χ2v) is 6.57. The molecule has 2 aromatic carbocycles. The van der Waals surface area contributed by atoms with Crippen LogP contribution in [0, 0.1) is 20.2 Å². The first-order valence-corrected chi connectivity index (χ1v) is 7.85. The van der Waals surface area contributed by atoms with Crippen molar-refractivity contribution in [3.63, 3.8) is 0 Å². The summed E-state index contributed by atoms with van der Waals surface area (Å²) in [5.74, 6) is 0. The van der Waals surface area contributed by atoms with Crippen molar-refractivity contribution in [3.05, 3.63) is 68.8 Å². The minimum atomic E-state index is -0.648. The Hall–Kier alpha value is -2.70. The topological polar surface area (TPSA) is 99.4 Å². The van der Waals surface area contributed by atoms with Crippen molar-refractivity contribution in [2.24, 2.45) is 0 Å². The summed E-state index contributed by atoms with van der Waals surface area (Å²) in [4.78, 5) is 20.6. The molecule has 3 rings (SSSR count). The zero-order valence-corrected chi connectivity index (χ0v) is 12.7. The monoisotopic (exact) mass is 364 g/mol. The van der Waals surface area contributed by atoms with Gasteiger partial charge in [-0.15, -0.1) is 0 Å². The molecule has 0 bridgehead atoms. The molecular weight excluding hydrogens is 355 g/mol. The van der Waals surface area contributed by atoms with Gasteiger partial charge in [-0.25, -0.2) is 0 Å². The first kappa shape index (κ1) is 14.2. The Labute approximate surface area is 130 Å². The maximum absolute atomic E-state index is 11.1. The van der Waals surface area contributed by atoms with E-state index >= 15 is 0 Å². The predicted octanol–water partition coefficient (Wildman–Crippen LogP) is 1.90. The molecule has 7 nitrogen and oxygen atoms in total. The van der Waals surface area contributed by atoms with E-state index in [1.165, 1.54) is 12.1 Å². The molecule has 0 fully saturated rings. The molecule has 0 aliphatic rings. The van der Waals surface area contributed by atoms with Crippen molar-refractivity contribution in [2.45, 2.75) is 0 Å². The molecule has 22 heavy (non-hydrogen) atoms. The molecule has 1 heterocycles. The van der Waals surface area contributed by atoms with Gasteiger partial charge in [-0.3, -0.25) is 0 Å². The number of non-ortho nitro benzene ring substituents is 1. The van der Waals surface area contributed by atoms with Crippen LogP contribution in [-0.4, -0.2) is 24.8 Å². The van der Waals surface area contributed by atoms with Crippen LogP contribution in [0.25, 0.3) is 11.0 Å². The van der Waals surface area contributed by atoms with E-state index in [9.17, 15) is 20.2 Å². The molecule has 3 aromatic rings. The van der Waals surface area contributed by atoms with E-state index in [0.29, 0.717) is 14.7 Å². The van der Waals surface area contributed by atoms with E-state index in [2.05, 4.69) is 0 Å². The van der Waals surface area contributed by atoms with E-state index in [1.807, 2.05) is 30.3 Å². The number of para-hydroxylation sites is 1. The second-order valence-electron chi connectivity index (χ2n) is 4.37. The number of furan rings is 1. The molecule has 110 valence electrons. The van der Waals surface area contributed by atoms with Crippen LogP contribution in [0.4, 0.5) is 11.4 Å². The molecule has 0 radical (unpaired) electrons. The predicted molar refractivity (Wildman–Crippen MR) is 81.0 cm³/mol. The standard InChI is InChI=1S/C14H8N2O5Se/c17-15(18)10-5-6-13(11(8-10)16(19)20)22-14-7-9-3-1-2-4-12(9)21-14/h1-8H. The van der Waals surface area contributed by atoms with Crippen LogP contribution in [0.1, 0.15) is 0 Å². The second kappa shape index (κ2) is 5.59. The van der Waals surface area contributed by atoms with Gasteiger partial charge in [0.2, 0.25) is 0 Å². The van der Waals surface area contributed by atoms with Crippen LogP contribution in [0.2, 0.25) is 0 Å². The Kier molecular flexibility index (Phi) is 3.62. The third-order valence-electron chi connectivity index (χ3n) is 2.96. The van der Waals surface area contributed by atoms with E-state index in [4.69, 9.17) is 4.42 Å². The van der Waals surface area contributed by atoms with Crippen LogP contribution >= 0.6 is 0 Å². The molecule has 0 amide bonds. The molecule has 1 aromatic heterocycles. The van der Waals surface area contributed by atoms with Crippen molar-refractivity contribution in [1.82, 2.24) is 0 Å². The van der Waals surface area contributed by atoms with Gasteiger partial charge in [0.25, 0.3) is 0 Å². The Bertz CT molecular complexity index is 857. The molecule has 0 saturated heterocycles.